The van der Waals surface area contributed by atoms with Gasteiger partial charge in [-0.3, -0.25) is 4.79 Å². The third-order valence-corrected chi connectivity index (χ3v) is 5.08. The van der Waals surface area contributed by atoms with Gasteiger partial charge in [0, 0.05) is 31.7 Å². The monoisotopic (exact) mass is 505 g/mol. The quantitative estimate of drug-likeness (QED) is 0.162. The van der Waals surface area contributed by atoms with Gasteiger partial charge >= 0.3 is 0 Å². The van der Waals surface area contributed by atoms with E-state index >= 15 is 0 Å². The Morgan fingerprint density at radius 2 is 1.43 bits per heavy atom. The third kappa shape index (κ3) is 10.6. The van der Waals surface area contributed by atoms with Crippen LogP contribution in [0.1, 0.15) is 21.5 Å². The fourth-order valence-corrected chi connectivity index (χ4v) is 3.15. The van der Waals surface area contributed by atoms with Crippen LogP contribution in [-0.4, -0.2) is 66.9 Å². The van der Waals surface area contributed by atoms with E-state index in [1.807, 2.05) is 18.2 Å². The molecule has 0 bridgehead atoms. The van der Waals surface area contributed by atoms with E-state index in [1.54, 1.807) is 18.2 Å². The molecule has 2 aromatic carbocycles. The second kappa shape index (κ2) is 15.9. The summed E-state index contributed by atoms with van der Waals surface area (Å²) in [6, 6.07) is 17.4. The molecular weight excluding hydrogens is 470 g/mol. The highest BCUT2D eigenvalue weighted by Crippen LogP contribution is 2.11. The average molecular weight is 506 g/mol. The van der Waals surface area contributed by atoms with Crippen molar-refractivity contribution in [3.05, 3.63) is 83.9 Å². The number of amides is 1. The van der Waals surface area contributed by atoms with Crippen LogP contribution in [0.5, 0.6) is 0 Å². The normalized spacial score (nSPS) is 10.5. The van der Waals surface area contributed by atoms with Gasteiger partial charge in [-0.2, -0.15) is 15.0 Å². The largest absolute Gasteiger partial charge is 0.377 e. The minimum absolute atomic E-state index is 0.110. The summed E-state index contributed by atoms with van der Waals surface area (Å²) in [4.78, 5) is 25.2. The van der Waals surface area contributed by atoms with Gasteiger partial charge in [0.05, 0.1) is 26.4 Å². The summed E-state index contributed by atoms with van der Waals surface area (Å²) < 4.78 is 11.1. The zero-order chi connectivity index (χ0) is 26.1. The Labute approximate surface area is 217 Å². The number of nitrogens with zero attached hydrogens (tertiary/aromatic N) is 3. The van der Waals surface area contributed by atoms with Gasteiger partial charge in [0.25, 0.3) is 5.91 Å². The molecule has 4 N–H and O–H groups in total. The first kappa shape index (κ1) is 27.6. The summed E-state index contributed by atoms with van der Waals surface area (Å²) in [6.07, 6.45) is 1.74. The van der Waals surface area contributed by atoms with E-state index < -0.39 is 0 Å². The molecule has 1 heterocycles. The lowest BCUT2D eigenvalue weighted by Gasteiger charge is -2.11. The molecule has 0 aliphatic heterocycles. The average Bonchev–Trinajstić information content (AvgIpc) is 2.93. The van der Waals surface area contributed by atoms with Crippen LogP contribution in [0.25, 0.3) is 0 Å². The number of nitrogens with one attached hydrogen (secondary N) is 4. The SMILES string of the molecule is C=CCNc1nc(NCCOCCOCCNC(=O)c2ccccc2)nc(NCc2ccc(C)cc2)n1. The summed E-state index contributed by atoms with van der Waals surface area (Å²) in [5.41, 5.74) is 2.98. The van der Waals surface area contributed by atoms with E-state index in [1.165, 1.54) is 5.56 Å². The van der Waals surface area contributed by atoms with Crippen LogP contribution in [0.15, 0.2) is 67.3 Å². The maximum absolute atomic E-state index is 12.0. The lowest BCUT2D eigenvalue weighted by Crippen LogP contribution is -2.27. The smallest absolute Gasteiger partial charge is 0.251 e. The van der Waals surface area contributed by atoms with Crippen molar-refractivity contribution in [2.75, 3.05) is 62.0 Å². The molecule has 10 heteroatoms. The van der Waals surface area contributed by atoms with Crippen molar-refractivity contribution in [3.8, 4) is 0 Å². The van der Waals surface area contributed by atoms with Gasteiger partial charge in [0.1, 0.15) is 0 Å². The Morgan fingerprint density at radius 3 is 2.11 bits per heavy atom. The van der Waals surface area contributed by atoms with E-state index in [0.29, 0.717) is 76.0 Å². The van der Waals surface area contributed by atoms with Gasteiger partial charge in [0.2, 0.25) is 17.8 Å². The molecule has 0 radical (unpaired) electrons. The molecule has 1 amide bonds. The summed E-state index contributed by atoms with van der Waals surface area (Å²) in [7, 11) is 0. The van der Waals surface area contributed by atoms with Crippen molar-refractivity contribution < 1.29 is 14.3 Å². The molecular formula is C27H35N7O3. The molecule has 0 spiro atoms. The standard InChI is InChI=1S/C27H35N7O3/c1-3-13-29-25-32-26(34-27(33-25)31-20-22-11-9-21(2)10-12-22)30-15-17-37-19-18-36-16-14-28-24(35)23-7-5-4-6-8-23/h3-12H,1,13-20H2,2H3,(H,28,35)(H3,29,30,31,32,33,34). The molecule has 1 aromatic heterocycles. The molecule has 0 unspecified atom stereocenters. The van der Waals surface area contributed by atoms with E-state index in [4.69, 9.17) is 9.47 Å². The van der Waals surface area contributed by atoms with Crippen LogP contribution < -0.4 is 21.3 Å². The van der Waals surface area contributed by atoms with Crippen LogP contribution in [0.4, 0.5) is 17.8 Å². The summed E-state index contributed by atoms with van der Waals surface area (Å²) in [6.45, 7) is 9.65. The Balaban J connectivity index is 1.32. The number of hydrogen-bond donors (Lipinski definition) is 4. The van der Waals surface area contributed by atoms with Gasteiger partial charge < -0.3 is 30.7 Å². The molecule has 0 aliphatic rings. The number of carbonyl (C=O) groups is 1. The Morgan fingerprint density at radius 1 is 0.811 bits per heavy atom. The van der Waals surface area contributed by atoms with E-state index in [-0.39, 0.29) is 5.91 Å². The second-order valence-electron chi connectivity index (χ2n) is 8.09. The van der Waals surface area contributed by atoms with Gasteiger partial charge in [-0.25, -0.2) is 0 Å². The Kier molecular flexibility index (Phi) is 11.8. The van der Waals surface area contributed by atoms with Crippen molar-refractivity contribution in [1.82, 2.24) is 20.3 Å². The first-order valence-electron chi connectivity index (χ1n) is 12.3. The number of hydrogen-bond acceptors (Lipinski definition) is 9. The molecule has 10 nitrogen and oxygen atoms in total. The lowest BCUT2D eigenvalue weighted by atomic mass is 10.1. The zero-order valence-electron chi connectivity index (χ0n) is 21.2. The predicted octanol–water partition coefficient (Wildman–Crippen LogP) is 3.27. The van der Waals surface area contributed by atoms with Crippen molar-refractivity contribution in [2.45, 2.75) is 13.5 Å². The number of anilines is 3. The molecule has 0 saturated carbocycles. The number of aromatic nitrogens is 3. The van der Waals surface area contributed by atoms with Crippen molar-refractivity contribution >= 4 is 23.8 Å². The van der Waals surface area contributed by atoms with Crippen LogP contribution >= 0.6 is 0 Å². The number of benzene rings is 2. The fourth-order valence-electron chi connectivity index (χ4n) is 3.15. The van der Waals surface area contributed by atoms with Gasteiger partial charge in [-0.05, 0) is 24.6 Å². The molecule has 37 heavy (non-hydrogen) atoms. The zero-order valence-corrected chi connectivity index (χ0v) is 21.2. The summed E-state index contributed by atoms with van der Waals surface area (Å²) >= 11 is 0. The molecule has 3 aromatic rings. The van der Waals surface area contributed by atoms with Crippen LogP contribution in [0.3, 0.4) is 0 Å². The van der Waals surface area contributed by atoms with Gasteiger partial charge in [0.15, 0.2) is 0 Å². The maximum Gasteiger partial charge on any atom is 0.251 e. The molecule has 196 valence electrons. The third-order valence-electron chi connectivity index (χ3n) is 5.08. The van der Waals surface area contributed by atoms with Crippen LogP contribution in [0, 0.1) is 6.92 Å². The topological polar surface area (TPSA) is 122 Å². The van der Waals surface area contributed by atoms with Crippen LogP contribution in [0.2, 0.25) is 0 Å². The fraction of sp³-hybridized carbons (Fsp3) is 0.333. The first-order valence-corrected chi connectivity index (χ1v) is 12.3. The summed E-state index contributed by atoms with van der Waals surface area (Å²) in [5.74, 6) is 1.26. The molecule has 0 aliphatic carbocycles. The highest BCUT2D eigenvalue weighted by atomic mass is 16.5. The number of carbonyl (C=O) groups excluding carboxylic acids is 1. The minimum Gasteiger partial charge on any atom is -0.377 e. The van der Waals surface area contributed by atoms with E-state index in [9.17, 15) is 4.79 Å². The molecule has 0 fully saturated rings. The number of rotatable bonds is 17. The van der Waals surface area contributed by atoms with Crippen molar-refractivity contribution in [1.29, 1.82) is 0 Å². The van der Waals surface area contributed by atoms with E-state index in [2.05, 4.69) is 74.0 Å². The first-order chi connectivity index (χ1) is 18.1. The second-order valence-corrected chi connectivity index (χ2v) is 8.09. The molecule has 0 saturated heterocycles. The molecule has 0 atom stereocenters. The highest BCUT2D eigenvalue weighted by molar-refractivity contribution is 5.94. The maximum atomic E-state index is 12.0. The van der Waals surface area contributed by atoms with Gasteiger partial charge in [-0.1, -0.05) is 54.1 Å². The van der Waals surface area contributed by atoms with Crippen molar-refractivity contribution in [3.63, 3.8) is 0 Å². The molecule has 3 rings (SSSR count). The van der Waals surface area contributed by atoms with E-state index in [0.717, 1.165) is 5.56 Å². The Hall–Kier alpha value is -4.02. The minimum atomic E-state index is -0.110. The summed E-state index contributed by atoms with van der Waals surface area (Å²) in [5, 5.41) is 12.3. The van der Waals surface area contributed by atoms with Crippen LogP contribution in [-0.2, 0) is 16.0 Å². The van der Waals surface area contributed by atoms with Gasteiger partial charge in [-0.15, -0.1) is 6.58 Å². The predicted molar refractivity (Wildman–Crippen MR) is 146 cm³/mol. The highest BCUT2D eigenvalue weighted by Gasteiger charge is 2.07. The number of ether oxygens (including phenoxy) is 2. The Bertz CT molecular complexity index is 1090. The van der Waals surface area contributed by atoms with Crippen molar-refractivity contribution in [2.24, 2.45) is 0 Å². The lowest BCUT2D eigenvalue weighted by molar-refractivity contribution is 0.0519. The number of aryl methyl sites for hydroxylation is 1.